The standard InChI is InChI=1S/C20H24N2O6/c23-15-7-5-13(11-17(15)25)19(27)21-9-3-1-2-4-10-22-20(28)14-6-8-16(24)18(26)12-14/h5-8,11-12,23-26H,1-4,9-10H2,(H,21,27)(H,22,28). The third kappa shape index (κ3) is 6.08. The molecule has 0 fully saturated rings. The van der Waals surface area contributed by atoms with Crippen molar-refractivity contribution in [3.63, 3.8) is 0 Å². The number of phenols is 4. The van der Waals surface area contributed by atoms with Crippen LogP contribution in [0, 0.1) is 0 Å². The van der Waals surface area contributed by atoms with E-state index < -0.39 is 0 Å². The summed E-state index contributed by atoms with van der Waals surface area (Å²) in [5.41, 5.74) is 0.552. The maximum absolute atomic E-state index is 11.9. The van der Waals surface area contributed by atoms with Gasteiger partial charge in [0.25, 0.3) is 11.8 Å². The van der Waals surface area contributed by atoms with Gasteiger partial charge in [-0.3, -0.25) is 9.59 Å². The number of aromatic hydroxyl groups is 4. The summed E-state index contributed by atoms with van der Waals surface area (Å²) in [7, 11) is 0. The van der Waals surface area contributed by atoms with Crippen molar-refractivity contribution >= 4 is 11.8 Å². The number of nitrogens with one attached hydrogen (secondary N) is 2. The average molecular weight is 388 g/mol. The molecule has 0 aromatic heterocycles. The normalized spacial score (nSPS) is 10.4. The van der Waals surface area contributed by atoms with Crippen molar-refractivity contribution in [3.05, 3.63) is 47.5 Å². The molecule has 2 amide bonds. The fourth-order valence-electron chi connectivity index (χ4n) is 2.54. The second-order valence-electron chi connectivity index (χ2n) is 6.33. The van der Waals surface area contributed by atoms with E-state index in [4.69, 9.17) is 0 Å². The molecule has 0 aliphatic carbocycles. The van der Waals surface area contributed by atoms with Crippen LogP contribution >= 0.6 is 0 Å². The van der Waals surface area contributed by atoms with Gasteiger partial charge in [-0.25, -0.2) is 0 Å². The van der Waals surface area contributed by atoms with E-state index in [1.807, 2.05) is 0 Å². The van der Waals surface area contributed by atoms with Crippen LogP contribution in [0.3, 0.4) is 0 Å². The lowest BCUT2D eigenvalue weighted by atomic mass is 10.1. The molecule has 0 atom stereocenters. The number of phenolic OH excluding ortho intramolecular Hbond substituents is 4. The van der Waals surface area contributed by atoms with E-state index >= 15 is 0 Å². The van der Waals surface area contributed by atoms with Crippen molar-refractivity contribution in [3.8, 4) is 23.0 Å². The number of hydrogen-bond donors (Lipinski definition) is 6. The molecule has 150 valence electrons. The number of rotatable bonds is 9. The minimum Gasteiger partial charge on any atom is -0.504 e. The molecule has 0 bridgehead atoms. The van der Waals surface area contributed by atoms with Gasteiger partial charge in [0, 0.05) is 24.2 Å². The summed E-state index contributed by atoms with van der Waals surface area (Å²) in [6, 6.07) is 7.81. The molecule has 0 unspecified atom stereocenters. The molecule has 2 aromatic carbocycles. The van der Waals surface area contributed by atoms with E-state index in [0.29, 0.717) is 13.1 Å². The minimum absolute atomic E-state index is 0.272. The first kappa shape index (κ1) is 20.9. The van der Waals surface area contributed by atoms with Gasteiger partial charge in [0.15, 0.2) is 23.0 Å². The molecule has 0 saturated heterocycles. The van der Waals surface area contributed by atoms with Crippen LogP contribution in [-0.4, -0.2) is 45.3 Å². The third-order valence-electron chi connectivity index (χ3n) is 4.15. The van der Waals surface area contributed by atoms with Crippen LogP contribution in [0.25, 0.3) is 0 Å². The Balaban J connectivity index is 1.56. The summed E-state index contributed by atoms with van der Waals surface area (Å²) in [4.78, 5) is 23.8. The lowest BCUT2D eigenvalue weighted by molar-refractivity contribution is 0.0943. The number of carbonyl (C=O) groups excluding carboxylic acids is 2. The lowest BCUT2D eigenvalue weighted by Crippen LogP contribution is -2.25. The molecule has 6 N–H and O–H groups in total. The largest absolute Gasteiger partial charge is 0.504 e. The molecule has 8 heteroatoms. The zero-order chi connectivity index (χ0) is 20.5. The van der Waals surface area contributed by atoms with Crippen molar-refractivity contribution in [2.75, 3.05) is 13.1 Å². The van der Waals surface area contributed by atoms with Crippen LogP contribution in [0.5, 0.6) is 23.0 Å². The van der Waals surface area contributed by atoms with Crippen LogP contribution in [0.1, 0.15) is 46.4 Å². The molecule has 0 aliphatic rings. The SMILES string of the molecule is O=C(NCCCCCCNC(=O)c1ccc(O)c(O)c1)c1ccc(O)c(O)c1. The Morgan fingerprint density at radius 1 is 0.607 bits per heavy atom. The van der Waals surface area contributed by atoms with Crippen LogP contribution in [0.15, 0.2) is 36.4 Å². The Labute approximate surface area is 162 Å². The summed E-state index contributed by atoms with van der Waals surface area (Å²) >= 11 is 0. The van der Waals surface area contributed by atoms with E-state index in [2.05, 4.69) is 10.6 Å². The van der Waals surface area contributed by atoms with E-state index in [1.165, 1.54) is 36.4 Å². The Kier molecular flexibility index (Phi) is 7.50. The molecule has 8 nitrogen and oxygen atoms in total. The first-order valence-electron chi connectivity index (χ1n) is 8.99. The van der Waals surface area contributed by atoms with Crippen molar-refractivity contribution in [2.45, 2.75) is 25.7 Å². The highest BCUT2D eigenvalue weighted by atomic mass is 16.3. The quantitative estimate of drug-likeness (QED) is 0.288. The molecular weight excluding hydrogens is 364 g/mol. The van der Waals surface area contributed by atoms with E-state index in [1.54, 1.807) is 0 Å². The molecule has 0 saturated carbocycles. The highest BCUT2D eigenvalue weighted by Gasteiger charge is 2.09. The van der Waals surface area contributed by atoms with Gasteiger partial charge < -0.3 is 31.1 Å². The topological polar surface area (TPSA) is 139 Å². The van der Waals surface area contributed by atoms with Crippen molar-refractivity contribution in [2.24, 2.45) is 0 Å². The summed E-state index contributed by atoms with van der Waals surface area (Å²) in [6.45, 7) is 0.971. The predicted molar refractivity (Wildman–Crippen MR) is 103 cm³/mol. The Hall–Kier alpha value is -3.42. The fourth-order valence-corrected chi connectivity index (χ4v) is 2.54. The summed E-state index contributed by atoms with van der Waals surface area (Å²) in [5.74, 6) is -1.86. The van der Waals surface area contributed by atoms with Gasteiger partial charge in [-0.1, -0.05) is 12.8 Å². The van der Waals surface area contributed by atoms with E-state index in [0.717, 1.165) is 25.7 Å². The van der Waals surface area contributed by atoms with Gasteiger partial charge in [0.1, 0.15) is 0 Å². The number of benzene rings is 2. The lowest BCUT2D eigenvalue weighted by Gasteiger charge is -2.07. The first-order valence-corrected chi connectivity index (χ1v) is 8.99. The van der Waals surface area contributed by atoms with E-state index in [-0.39, 0.29) is 45.9 Å². The van der Waals surface area contributed by atoms with Gasteiger partial charge >= 0.3 is 0 Å². The zero-order valence-electron chi connectivity index (χ0n) is 15.3. The second-order valence-corrected chi connectivity index (χ2v) is 6.33. The molecule has 0 radical (unpaired) electrons. The van der Waals surface area contributed by atoms with Crippen LogP contribution in [0.4, 0.5) is 0 Å². The van der Waals surface area contributed by atoms with Crippen molar-refractivity contribution in [1.82, 2.24) is 10.6 Å². The van der Waals surface area contributed by atoms with Gasteiger partial charge in [0.05, 0.1) is 0 Å². The van der Waals surface area contributed by atoms with Crippen LogP contribution in [-0.2, 0) is 0 Å². The summed E-state index contributed by atoms with van der Waals surface area (Å²) < 4.78 is 0. The molecule has 2 aromatic rings. The van der Waals surface area contributed by atoms with Gasteiger partial charge in [-0.05, 0) is 49.2 Å². The third-order valence-corrected chi connectivity index (χ3v) is 4.15. The summed E-state index contributed by atoms with van der Waals surface area (Å²) in [6.07, 6.45) is 3.29. The minimum atomic E-state index is -0.336. The number of unbranched alkanes of at least 4 members (excludes halogenated alkanes) is 3. The van der Waals surface area contributed by atoms with Gasteiger partial charge in [0.2, 0.25) is 0 Å². The molecule has 0 spiro atoms. The van der Waals surface area contributed by atoms with Crippen molar-refractivity contribution < 1.29 is 30.0 Å². The molecule has 0 aliphatic heterocycles. The highest BCUT2D eigenvalue weighted by Crippen LogP contribution is 2.25. The number of hydrogen-bond acceptors (Lipinski definition) is 6. The monoisotopic (exact) mass is 388 g/mol. The Bertz CT molecular complexity index is 768. The maximum Gasteiger partial charge on any atom is 0.251 e. The van der Waals surface area contributed by atoms with Crippen LogP contribution < -0.4 is 10.6 Å². The van der Waals surface area contributed by atoms with E-state index in [9.17, 15) is 30.0 Å². The predicted octanol–water partition coefficient (Wildman–Crippen LogP) is 2.23. The Morgan fingerprint density at radius 2 is 1.00 bits per heavy atom. The van der Waals surface area contributed by atoms with Gasteiger partial charge in [-0.15, -0.1) is 0 Å². The number of carbonyl (C=O) groups is 2. The molecule has 2 rings (SSSR count). The second kappa shape index (κ2) is 10.1. The molecular formula is C20H24N2O6. The Morgan fingerprint density at radius 3 is 1.36 bits per heavy atom. The first-order chi connectivity index (χ1) is 13.4. The van der Waals surface area contributed by atoms with Crippen molar-refractivity contribution in [1.29, 1.82) is 0 Å². The smallest absolute Gasteiger partial charge is 0.251 e. The summed E-state index contributed by atoms with van der Waals surface area (Å²) in [5, 5.41) is 42.7. The number of amides is 2. The highest BCUT2D eigenvalue weighted by molar-refractivity contribution is 5.95. The maximum atomic E-state index is 11.9. The molecule has 0 heterocycles. The van der Waals surface area contributed by atoms with Crippen LogP contribution in [0.2, 0.25) is 0 Å². The molecule has 28 heavy (non-hydrogen) atoms. The van der Waals surface area contributed by atoms with Gasteiger partial charge in [-0.2, -0.15) is 0 Å². The average Bonchev–Trinajstić information content (AvgIpc) is 2.67. The fraction of sp³-hybridized carbons (Fsp3) is 0.300. The zero-order valence-corrected chi connectivity index (χ0v) is 15.3.